The first-order valence-electron chi connectivity index (χ1n) is 7.65. The highest BCUT2D eigenvalue weighted by atomic mass is 16.5. The minimum absolute atomic E-state index is 0.123. The molecule has 0 aromatic heterocycles. The summed E-state index contributed by atoms with van der Waals surface area (Å²) >= 11 is 0. The number of carbonyl (C=O) groups is 3. The van der Waals surface area contributed by atoms with Crippen molar-refractivity contribution in [3.63, 3.8) is 0 Å². The molecule has 1 atom stereocenters. The van der Waals surface area contributed by atoms with E-state index in [0.717, 1.165) is 4.90 Å². The zero-order valence-electron chi connectivity index (χ0n) is 14.6. The van der Waals surface area contributed by atoms with Crippen LogP contribution in [-0.2, 0) is 4.79 Å². The van der Waals surface area contributed by atoms with Crippen molar-refractivity contribution >= 4 is 23.6 Å². The number of hydrogen-bond donors (Lipinski definition) is 3. The average molecular weight is 350 g/mol. The van der Waals surface area contributed by atoms with Crippen molar-refractivity contribution in [2.75, 3.05) is 18.6 Å². The minimum Gasteiger partial charge on any atom is -0.489 e. The van der Waals surface area contributed by atoms with E-state index in [0.29, 0.717) is 11.4 Å². The first kappa shape index (κ1) is 18.5. The normalized spacial score (nSPS) is 17.2. The number of fused-ring (bicyclic) bond motifs is 1. The average Bonchev–Trinajstić information content (AvgIpc) is 2.64. The fourth-order valence-corrected chi connectivity index (χ4v) is 2.78. The highest BCUT2D eigenvalue weighted by molar-refractivity contribution is 6.02. The van der Waals surface area contributed by atoms with Gasteiger partial charge in [0, 0.05) is 18.2 Å². The maximum atomic E-state index is 12.9. The number of carbonyl (C=O) groups excluding carboxylic acids is 2. The highest BCUT2D eigenvalue weighted by Gasteiger charge is 2.41. The zero-order valence-corrected chi connectivity index (χ0v) is 14.6. The Morgan fingerprint density at radius 2 is 2.04 bits per heavy atom. The molecule has 0 aliphatic carbocycles. The molecule has 4 N–H and O–H groups in total. The van der Waals surface area contributed by atoms with Crippen LogP contribution in [0.25, 0.3) is 0 Å². The molecule has 1 aliphatic rings. The number of amides is 3. The molecule has 136 valence electrons. The fourth-order valence-electron chi connectivity index (χ4n) is 2.78. The Kier molecular flexibility index (Phi) is 4.89. The van der Waals surface area contributed by atoms with Gasteiger partial charge >= 0.3 is 6.09 Å². The van der Waals surface area contributed by atoms with Gasteiger partial charge in [-0.05, 0) is 39.0 Å². The van der Waals surface area contributed by atoms with Crippen LogP contribution in [0.4, 0.5) is 10.5 Å². The molecule has 0 bridgehead atoms. The summed E-state index contributed by atoms with van der Waals surface area (Å²) in [6.07, 6.45) is -1.21. The molecule has 0 spiro atoms. The van der Waals surface area contributed by atoms with E-state index in [2.05, 4.69) is 0 Å². The van der Waals surface area contributed by atoms with E-state index in [4.69, 9.17) is 10.6 Å². The molecule has 25 heavy (non-hydrogen) atoms. The van der Waals surface area contributed by atoms with E-state index >= 15 is 0 Å². The van der Waals surface area contributed by atoms with Crippen LogP contribution in [-0.4, -0.2) is 53.1 Å². The van der Waals surface area contributed by atoms with Crippen molar-refractivity contribution in [3.8, 4) is 5.75 Å². The lowest BCUT2D eigenvalue weighted by Gasteiger charge is -2.38. The van der Waals surface area contributed by atoms with E-state index in [9.17, 15) is 19.5 Å². The van der Waals surface area contributed by atoms with Crippen molar-refractivity contribution in [3.05, 3.63) is 23.8 Å². The van der Waals surface area contributed by atoms with Gasteiger partial charge in [-0.1, -0.05) is 0 Å². The van der Waals surface area contributed by atoms with Gasteiger partial charge in [0.15, 0.2) is 0 Å². The van der Waals surface area contributed by atoms with Gasteiger partial charge in [-0.2, -0.15) is 0 Å². The first-order chi connectivity index (χ1) is 11.6. The number of benzene rings is 1. The topological polar surface area (TPSA) is 125 Å². The molecule has 9 nitrogen and oxygen atoms in total. The van der Waals surface area contributed by atoms with Crippen LogP contribution < -0.4 is 20.9 Å². The number of nitrogen functional groups attached to an aromatic ring is 1. The monoisotopic (exact) mass is 350 g/mol. The summed E-state index contributed by atoms with van der Waals surface area (Å²) in [5, 5.41) is 9.56. The van der Waals surface area contributed by atoms with E-state index in [1.807, 2.05) is 5.43 Å². The summed E-state index contributed by atoms with van der Waals surface area (Å²) in [5.41, 5.74) is 1.85. The van der Waals surface area contributed by atoms with Crippen LogP contribution in [0, 0.1) is 0 Å². The number of carboxylic acid groups (broad SMARTS) is 1. The van der Waals surface area contributed by atoms with E-state index < -0.39 is 29.5 Å². The lowest BCUT2D eigenvalue weighted by Crippen LogP contribution is -2.58. The first-order valence-corrected chi connectivity index (χ1v) is 7.65. The molecule has 1 aromatic carbocycles. The molecule has 0 saturated heterocycles. The Labute approximate surface area is 145 Å². The third kappa shape index (κ3) is 3.50. The van der Waals surface area contributed by atoms with Gasteiger partial charge in [-0.15, -0.1) is 0 Å². The molecule has 1 unspecified atom stereocenters. The summed E-state index contributed by atoms with van der Waals surface area (Å²) in [4.78, 5) is 38.6. The Morgan fingerprint density at radius 3 is 2.56 bits per heavy atom. The molecule has 9 heteroatoms. The predicted octanol–water partition coefficient (Wildman–Crippen LogP) is 0.792. The largest absolute Gasteiger partial charge is 0.489 e. The Morgan fingerprint density at radius 1 is 1.40 bits per heavy atom. The van der Waals surface area contributed by atoms with E-state index in [-0.39, 0.29) is 12.2 Å². The number of anilines is 1. The van der Waals surface area contributed by atoms with Crippen LogP contribution in [0.5, 0.6) is 5.75 Å². The number of rotatable bonds is 2. The minimum atomic E-state index is -1.21. The molecule has 0 radical (unpaired) electrons. The van der Waals surface area contributed by atoms with Crippen molar-refractivity contribution in [2.24, 2.45) is 5.84 Å². The van der Waals surface area contributed by atoms with E-state index in [1.165, 1.54) is 24.1 Å². The summed E-state index contributed by atoms with van der Waals surface area (Å²) in [7, 11) is 1.51. The standard InChI is InChI=1S/C16H22N4O5/c1-16(2,3)20(15(23)24)11-8-25-12-6-5-9(13(21)18-17)7-10(12)19(4)14(11)22/h5-7,11H,8,17H2,1-4H3,(H,18,21)(H,23,24). The van der Waals surface area contributed by atoms with Gasteiger partial charge in [0.05, 0.1) is 5.69 Å². The second-order valence-corrected chi connectivity index (χ2v) is 6.70. The second kappa shape index (κ2) is 6.60. The molecule has 1 aliphatic heterocycles. The molecular weight excluding hydrogens is 328 g/mol. The highest BCUT2D eigenvalue weighted by Crippen LogP contribution is 2.33. The molecular formula is C16H22N4O5. The summed E-state index contributed by atoms with van der Waals surface area (Å²) in [6, 6.07) is 3.52. The number of hydrogen-bond acceptors (Lipinski definition) is 5. The lowest BCUT2D eigenvalue weighted by atomic mass is 10.0. The maximum Gasteiger partial charge on any atom is 0.408 e. The molecule has 1 aromatic rings. The van der Waals surface area contributed by atoms with Crippen molar-refractivity contribution in [2.45, 2.75) is 32.4 Å². The van der Waals surface area contributed by atoms with E-state index in [1.54, 1.807) is 26.8 Å². The maximum absolute atomic E-state index is 12.9. The van der Waals surface area contributed by atoms with Crippen molar-refractivity contribution in [1.29, 1.82) is 0 Å². The summed E-state index contributed by atoms with van der Waals surface area (Å²) < 4.78 is 5.67. The van der Waals surface area contributed by atoms with Crippen molar-refractivity contribution in [1.82, 2.24) is 10.3 Å². The lowest BCUT2D eigenvalue weighted by molar-refractivity contribution is -0.125. The predicted molar refractivity (Wildman–Crippen MR) is 90.4 cm³/mol. The summed E-state index contributed by atoms with van der Waals surface area (Å²) in [6.45, 7) is 4.99. The number of ether oxygens (including phenoxy) is 1. The fraction of sp³-hybridized carbons (Fsp3) is 0.438. The number of nitrogens with one attached hydrogen (secondary N) is 1. The third-order valence-corrected chi connectivity index (χ3v) is 3.97. The van der Waals surface area contributed by atoms with Crippen molar-refractivity contribution < 1.29 is 24.2 Å². The summed E-state index contributed by atoms with van der Waals surface area (Å²) in [5.74, 6) is 4.56. The Balaban J connectivity index is 2.44. The smallest absolute Gasteiger partial charge is 0.408 e. The molecule has 0 fully saturated rings. The second-order valence-electron chi connectivity index (χ2n) is 6.70. The van der Waals surface area contributed by atoms with Gasteiger partial charge in [-0.3, -0.25) is 19.9 Å². The van der Waals surface area contributed by atoms with Crippen LogP contribution in [0.3, 0.4) is 0 Å². The van der Waals surface area contributed by atoms with Crippen LogP contribution >= 0.6 is 0 Å². The quantitative estimate of drug-likeness (QED) is 0.411. The number of nitrogens with two attached hydrogens (primary N) is 1. The zero-order chi connectivity index (χ0) is 18.9. The van der Waals surface area contributed by atoms with Crippen LogP contribution in [0.15, 0.2) is 18.2 Å². The molecule has 1 heterocycles. The van der Waals surface area contributed by atoms with Crippen LogP contribution in [0.2, 0.25) is 0 Å². The number of likely N-dealkylation sites (N-methyl/N-ethyl adjacent to an activating group) is 1. The van der Waals surface area contributed by atoms with Gasteiger partial charge in [-0.25, -0.2) is 10.6 Å². The van der Waals surface area contributed by atoms with Crippen LogP contribution in [0.1, 0.15) is 31.1 Å². The van der Waals surface area contributed by atoms with Gasteiger partial charge < -0.3 is 14.7 Å². The Bertz CT molecular complexity index is 713. The van der Waals surface area contributed by atoms with Gasteiger partial charge in [0.2, 0.25) is 0 Å². The molecule has 2 rings (SSSR count). The van der Waals surface area contributed by atoms with Gasteiger partial charge in [0.25, 0.3) is 11.8 Å². The molecule has 0 saturated carbocycles. The number of nitrogens with zero attached hydrogens (tertiary/aromatic N) is 2. The SMILES string of the molecule is CN1C(=O)C(N(C(=O)O)C(C)(C)C)COc2ccc(C(=O)NN)cc21. The molecule has 3 amide bonds. The number of hydrazine groups is 1. The third-order valence-electron chi connectivity index (χ3n) is 3.97. The van der Waals surface area contributed by atoms with Gasteiger partial charge in [0.1, 0.15) is 18.4 Å². The Hall–Kier alpha value is -2.81.